The minimum Gasteiger partial charge on any atom is -0.361 e. The van der Waals surface area contributed by atoms with Crippen LogP contribution in [-0.4, -0.2) is 34.3 Å². The molecule has 0 radical (unpaired) electrons. The Morgan fingerprint density at radius 1 is 1.42 bits per heavy atom. The van der Waals surface area contributed by atoms with E-state index in [0.29, 0.717) is 24.4 Å². The van der Waals surface area contributed by atoms with Crippen molar-refractivity contribution in [1.82, 2.24) is 10.1 Å². The second-order valence-corrected chi connectivity index (χ2v) is 5.23. The van der Waals surface area contributed by atoms with E-state index in [1.54, 1.807) is 24.8 Å². The zero-order chi connectivity index (χ0) is 13.8. The lowest BCUT2D eigenvalue weighted by molar-refractivity contribution is -0.118. The summed E-state index contributed by atoms with van der Waals surface area (Å²) in [6.07, 6.45) is 4.48. The molecule has 5 nitrogen and oxygen atoms in total. The van der Waals surface area contributed by atoms with E-state index in [1.165, 1.54) is 0 Å². The number of carbonyl (C=O) groups is 2. The molecule has 5 heteroatoms. The van der Waals surface area contributed by atoms with Crippen molar-refractivity contribution in [2.24, 2.45) is 0 Å². The number of nitrogens with zero attached hydrogens (tertiary/aromatic N) is 2. The molecule has 104 valence electrons. The lowest BCUT2D eigenvalue weighted by atomic mass is 10.0. The molecule has 1 aliphatic heterocycles. The Balaban J connectivity index is 2.17. The van der Waals surface area contributed by atoms with Crippen molar-refractivity contribution in [3.8, 4) is 0 Å². The van der Waals surface area contributed by atoms with Gasteiger partial charge in [-0.1, -0.05) is 18.0 Å². The van der Waals surface area contributed by atoms with Crippen LogP contribution in [0.5, 0.6) is 0 Å². The largest absolute Gasteiger partial charge is 0.361 e. The molecular weight excluding hydrogens is 244 g/mol. The van der Waals surface area contributed by atoms with Gasteiger partial charge in [0, 0.05) is 25.1 Å². The SMILES string of the molecule is CC(=O)CC1CCCCCN1C(=O)c1cc(C)on1. The molecule has 0 saturated carbocycles. The van der Waals surface area contributed by atoms with Crippen LogP contribution in [-0.2, 0) is 4.79 Å². The number of ketones is 1. The predicted octanol–water partition coefficient (Wildman–Crippen LogP) is 2.35. The molecule has 19 heavy (non-hydrogen) atoms. The monoisotopic (exact) mass is 264 g/mol. The van der Waals surface area contributed by atoms with Gasteiger partial charge >= 0.3 is 0 Å². The molecule has 0 N–H and O–H groups in total. The fourth-order valence-electron chi connectivity index (χ4n) is 2.60. The number of carbonyl (C=O) groups excluding carboxylic acids is 2. The van der Waals surface area contributed by atoms with Gasteiger partial charge in [0.2, 0.25) is 0 Å². The molecule has 0 bridgehead atoms. The van der Waals surface area contributed by atoms with E-state index in [-0.39, 0.29) is 17.7 Å². The average Bonchev–Trinajstić information content (AvgIpc) is 2.65. The molecule has 1 saturated heterocycles. The summed E-state index contributed by atoms with van der Waals surface area (Å²) in [6.45, 7) is 4.04. The zero-order valence-corrected chi connectivity index (χ0v) is 11.5. The van der Waals surface area contributed by atoms with Crippen LogP contribution in [0.15, 0.2) is 10.6 Å². The third kappa shape index (κ3) is 3.43. The van der Waals surface area contributed by atoms with E-state index in [9.17, 15) is 9.59 Å². The normalized spacial score (nSPS) is 20.1. The maximum atomic E-state index is 12.4. The topological polar surface area (TPSA) is 63.4 Å². The minimum atomic E-state index is -0.120. The van der Waals surface area contributed by atoms with Crippen molar-refractivity contribution in [1.29, 1.82) is 0 Å². The van der Waals surface area contributed by atoms with Crippen LogP contribution in [0.3, 0.4) is 0 Å². The van der Waals surface area contributed by atoms with E-state index in [4.69, 9.17) is 4.52 Å². The summed E-state index contributed by atoms with van der Waals surface area (Å²) in [6, 6.07) is 1.66. The van der Waals surface area contributed by atoms with Crippen LogP contribution in [0.2, 0.25) is 0 Å². The Morgan fingerprint density at radius 2 is 2.21 bits per heavy atom. The highest BCUT2D eigenvalue weighted by atomic mass is 16.5. The fourth-order valence-corrected chi connectivity index (χ4v) is 2.60. The first-order valence-corrected chi connectivity index (χ1v) is 6.81. The Hall–Kier alpha value is -1.65. The van der Waals surface area contributed by atoms with Crippen molar-refractivity contribution in [2.45, 2.75) is 52.0 Å². The third-order valence-corrected chi connectivity index (χ3v) is 3.51. The maximum absolute atomic E-state index is 12.4. The standard InChI is InChI=1S/C14H20N2O3/c1-10(17)8-12-6-4-3-5-7-16(12)14(18)13-9-11(2)19-15-13/h9,12H,3-8H2,1-2H3. The number of hydrogen-bond donors (Lipinski definition) is 0. The molecule has 0 aliphatic carbocycles. The molecule has 1 atom stereocenters. The highest BCUT2D eigenvalue weighted by Crippen LogP contribution is 2.21. The van der Waals surface area contributed by atoms with Gasteiger partial charge in [-0.15, -0.1) is 0 Å². The number of aryl methyl sites for hydroxylation is 1. The lowest BCUT2D eigenvalue weighted by Gasteiger charge is -2.28. The zero-order valence-electron chi connectivity index (χ0n) is 11.5. The van der Waals surface area contributed by atoms with Gasteiger partial charge in [0.25, 0.3) is 5.91 Å². The van der Waals surface area contributed by atoms with E-state index >= 15 is 0 Å². The first-order chi connectivity index (χ1) is 9.08. The van der Waals surface area contributed by atoms with Gasteiger partial charge in [0.15, 0.2) is 5.69 Å². The first-order valence-electron chi connectivity index (χ1n) is 6.81. The highest BCUT2D eigenvalue weighted by molar-refractivity contribution is 5.92. The van der Waals surface area contributed by atoms with Gasteiger partial charge in [-0.2, -0.15) is 0 Å². The van der Waals surface area contributed by atoms with E-state index in [2.05, 4.69) is 5.16 Å². The third-order valence-electron chi connectivity index (χ3n) is 3.51. The van der Waals surface area contributed by atoms with Crippen LogP contribution in [0.1, 0.15) is 55.3 Å². The minimum absolute atomic E-state index is 0.00417. The summed E-state index contributed by atoms with van der Waals surface area (Å²) in [5, 5.41) is 3.78. The van der Waals surface area contributed by atoms with E-state index in [0.717, 1.165) is 25.7 Å². The molecule has 1 fully saturated rings. The lowest BCUT2D eigenvalue weighted by Crippen LogP contribution is -2.41. The molecule has 1 aliphatic rings. The molecule has 0 spiro atoms. The molecule has 1 unspecified atom stereocenters. The molecule has 2 heterocycles. The number of Topliss-reactive ketones (excluding diaryl/α,β-unsaturated/α-hetero) is 1. The summed E-state index contributed by atoms with van der Waals surface area (Å²) in [7, 11) is 0. The van der Waals surface area contributed by atoms with E-state index in [1.807, 2.05) is 0 Å². The van der Waals surface area contributed by atoms with Gasteiger partial charge < -0.3 is 9.42 Å². The number of likely N-dealkylation sites (tertiary alicyclic amines) is 1. The molecule has 1 aromatic rings. The van der Waals surface area contributed by atoms with Crippen LogP contribution in [0, 0.1) is 6.92 Å². The van der Waals surface area contributed by atoms with Crippen LogP contribution >= 0.6 is 0 Å². The van der Waals surface area contributed by atoms with Crippen LogP contribution in [0.25, 0.3) is 0 Å². The van der Waals surface area contributed by atoms with E-state index < -0.39 is 0 Å². The molecule has 0 aromatic carbocycles. The first kappa shape index (κ1) is 13.8. The summed E-state index contributed by atoms with van der Waals surface area (Å²) < 4.78 is 4.96. The highest BCUT2D eigenvalue weighted by Gasteiger charge is 2.28. The number of rotatable bonds is 3. The molecule has 1 aromatic heterocycles. The van der Waals surface area contributed by atoms with Crippen molar-refractivity contribution < 1.29 is 14.1 Å². The van der Waals surface area contributed by atoms with Gasteiger partial charge in [-0.3, -0.25) is 9.59 Å². The molecular formula is C14H20N2O3. The smallest absolute Gasteiger partial charge is 0.276 e. The van der Waals surface area contributed by atoms with Crippen LogP contribution < -0.4 is 0 Å². The van der Waals surface area contributed by atoms with Crippen molar-refractivity contribution in [2.75, 3.05) is 6.54 Å². The van der Waals surface area contributed by atoms with Gasteiger partial charge in [-0.05, 0) is 26.7 Å². The number of aromatic nitrogens is 1. The van der Waals surface area contributed by atoms with Crippen molar-refractivity contribution in [3.63, 3.8) is 0 Å². The van der Waals surface area contributed by atoms with Gasteiger partial charge in [-0.25, -0.2) is 0 Å². The molecule has 2 rings (SSSR count). The number of amides is 1. The Morgan fingerprint density at radius 3 is 2.84 bits per heavy atom. The number of hydrogen-bond acceptors (Lipinski definition) is 4. The summed E-state index contributed by atoms with van der Waals surface area (Å²) >= 11 is 0. The Labute approximate surface area is 112 Å². The second-order valence-electron chi connectivity index (χ2n) is 5.23. The van der Waals surface area contributed by atoms with Crippen molar-refractivity contribution in [3.05, 3.63) is 17.5 Å². The average molecular weight is 264 g/mol. The second kappa shape index (κ2) is 5.99. The summed E-state index contributed by atoms with van der Waals surface area (Å²) in [5.74, 6) is 0.632. The van der Waals surface area contributed by atoms with Gasteiger partial charge in [0.1, 0.15) is 11.5 Å². The summed E-state index contributed by atoms with van der Waals surface area (Å²) in [4.78, 5) is 25.6. The maximum Gasteiger partial charge on any atom is 0.276 e. The predicted molar refractivity (Wildman–Crippen MR) is 69.8 cm³/mol. The van der Waals surface area contributed by atoms with Crippen LogP contribution in [0.4, 0.5) is 0 Å². The summed E-state index contributed by atoms with van der Waals surface area (Å²) in [5.41, 5.74) is 0.341. The van der Waals surface area contributed by atoms with Gasteiger partial charge in [0.05, 0.1) is 0 Å². The van der Waals surface area contributed by atoms with Crippen molar-refractivity contribution >= 4 is 11.7 Å². The Kier molecular flexibility index (Phi) is 4.35. The fraction of sp³-hybridized carbons (Fsp3) is 0.643. The quantitative estimate of drug-likeness (QED) is 0.840. The Bertz CT molecular complexity index is 467. The molecule has 1 amide bonds.